The lowest BCUT2D eigenvalue weighted by Crippen LogP contribution is -2.02. The molecular weight excluding hydrogens is 468 g/mol. The lowest BCUT2D eigenvalue weighted by atomic mass is 10.0. The van der Waals surface area contributed by atoms with Crippen LogP contribution in [0.25, 0.3) is 38.8 Å². The van der Waals surface area contributed by atoms with Gasteiger partial charge in [0.2, 0.25) is 0 Å². The Kier molecular flexibility index (Phi) is 5.83. The molecule has 0 N–H and O–H groups in total. The number of thioether (sulfide) groups is 1. The van der Waals surface area contributed by atoms with Crippen LogP contribution in [0, 0.1) is 0 Å². The number of nitrogens with zero attached hydrogens (tertiary/aromatic N) is 4. The maximum atomic E-state index is 12.4. The first-order valence-electron chi connectivity index (χ1n) is 11.7. The van der Waals surface area contributed by atoms with Crippen molar-refractivity contribution in [1.29, 1.82) is 0 Å². The number of rotatable bonds is 6. The van der Waals surface area contributed by atoms with E-state index in [4.69, 9.17) is 4.42 Å². The highest BCUT2D eigenvalue weighted by Gasteiger charge is 2.18. The Balaban J connectivity index is 1.45. The summed E-state index contributed by atoms with van der Waals surface area (Å²) in [6.07, 6.45) is 4.47. The zero-order valence-electron chi connectivity index (χ0n) is 19.6. The van der Waals surface area contributed by atoms with E-state index in [1.807, 2.05) is 36.4 Å². The molecule has 3 heterocycles. The summed E-state index contributed by atoms with van der Waals surface area (Å²) in [5, 5.41) is 12.9. The number of aromatic nitrogens is 4. The molecular formula is C29H22N4O2S. The van der Waals surface area contributed by atoms with Crippen LogP contribution in [0.4, 0.5) is 0 Å². The van der Waals surface area contributed by atoms with E-state index in [1.54, 1.807) is 30.2 Å². The van der Waals surface area contributed by atoms with Crippen LogP contribution in [-0.4, -0.2) is 19.7 Å². The molecule has 0 aliphatic heterocycles. The molecule has 36 heavy (non-hydrogen) atoms. The van der Waals surface area contributed by atoms with Gasteiger partial charge in [0, 0.05) is 40.8 Å². The molecule has 0 atom stereocenters. The first-order chi connectivity index (χ1) is 17.7. The molecule has 0 saturated heterocycles. The molecule has 0 unspecified atom stereocenters. The highest BCUT2D eigenvalue weighted by Crippen LogP contribution is 2.33. The maximum absolute atomic E-state index is 12.4. The van der Waals surface area contributed by atoms with Crippen LogP contribution in [0.15, 0.2) is 106 Å². The molecule has 3 aromatic carbocycles. The quantitative estimate of drug-likeness (QED) is 0.152. The molecule has 6 aromatic rings. The second kappa shape index (κ2) is 9.43. The maximum Gasteiger partial charge on any atom is 0.336 e. The minimum Gasteiger partial charge on any atom is -0.423 e. The van der Waals surface area contributed by atoms with Crippen molar-refractivity contribution in [3.8, 4) is 17.1 Å². The average Bonchev–Trinajstić information content (AvgIpc) is 3.36. The standard InChI is InChI=1S/C29H22N4O2S/c1-2-19-7-10-23(11-8-19)33-28(21-13-15-30-16-14-21)31-32-29(33)36-18-22-17-26(34)35-25-12-9-20-5-3-4-6-24(20)27(22)25/h3-17H,2,18H2,1H3. The van der Waals surface area contributed by atoms with Gasteiger partial charge in [-0.25, -0.2) is 4.79 Å². The third kappa shape index (κ3) is 4.07. The van der Waals surface area contributed by atoms with Crippen molar-refractivity contribution in [2.24, 2.45) is 0 Å². The fourth-order valence-electron chi connectivity index (χ4n) is 4.44. The van der Waals surface area contributed by atoms with Crippen molar-refractivity contribution in [3.05, 3.63) is 113 Å². The van der Waals surface area contributed by atoms with Crippen molar-refractivity contribution in [3.63, 3.8) is 0 Å². The van der Waals surface area contributed by atoms with E-state index in [2.05, 4.69) is 63.1 Å². The second-order valence-corrected chi connectivity index (χ2v) is 9.38. The molecule has 7 heteroatoms. The summed E-state index contributed by atoms with van der Waals surface area (Å²) in [5.74, 6) is 1.28. The zero-order valence-corrected chi connectivity index (χ0v) is 20.4. The summed E-state index contributed by atoms with van der Waals surface area (Å²) in [7, 11) is 0. The molecule has 3 aromatic heterocycles. The van der Waals surface area contributed by atoms with Crippen molar-refractivity contribution >= 4 is 33.5 Å². The van der Waals surface area contributed by atoms with Crippen molar-refractivity contribution < 1.29 is 4.42 Å². The summed E-state index contributed by atoms with van der Waals surface area (Å²) in [4.78, 5) is 16.5. The number of fused-ring (bicyclic) bond motifs is 3. The van der Waals surface area contributed by atoms with Gasteiger partial charge in [0.1, 0.15) is 5.58 Å². The van der Waals surface area contributed by atoms with Crippen molar-refractivity contribution in [2.45, 2.75) is 24.3 Å². The van der Waals surface area contributed by atoms with Crippen LogP contribution in [-0.2, 0) is 12.2 Å². The highest BCUT2D eigenvalue weighted by atomic mass is 32.2. The van der Waals surface area contributed by atoms with Gasteiger partial charge in [-0.3, -0.25) is 9.55 Å². The molecule has 0 saturated carbocycles. The highest BCUT2D eigenvalue weighted by molar-refractivity contribution is 7.98. The van der Waals surface area contributed by atoms with E-state index in [-0.39, 0.29) is 5.63 Å². The van der Waals surface area contributed by atoms with Crippen LogP contribution in [0.1, 0.15) is 18.1 Å². The third-order valence-electron chi connectivity index (χ3n) is 6.25. The van der Waals surface area contributed by atoms with Crippen molar-refractivity contribution in [2.75, 3.05) is 0 Å². The Morgan fingerprint density at radius 1 is 0.917 bits per heavy atom. The minimum absolute atomic E-state index is 0.359. The van der Waals surface area contributed by atoms with Gasteiger partial charge in [-0.15, -0.1) is 10.2 Å². The van der Waals surface area contributed by atoms with Gasteiger partial charge in [0.15, 0.2) is 11.0 Å². The number of pyridine rings is 1. The Morgan fingerprint density at radius 3 is 2.53 bits per heavy atom. The lowest BCUT2D eigenvalue weighted by Gasteiger charge is -2.12. The molecule has 0 fully saturated rings. The van der Waals surface area contributed by atoms with E-state index in [0.717, 1.165) is 50.4 Å². The first-order valence-corrected chi connectivity index (χ1v) is 12.7. The van der Waals surface area contributed by atoms with E-state index in [1.165, 1.54) is 5.56 Å². The van der Waals surface area contributed by atoms with Gasteiger partial charge in [-0.2, -0.15) is 0 Å². The molecule has 0 radical (unpaired) electrons. The molecule has 0 aliphatic carbocycles. The molecule has 176 valence electrons. The van der Waals surface area contributed by atoms with Crippen LogP contribution < -0.4 is 5.63 Å². The van der Waals surface area contributed by atoms with Gasteiger partial charge in [0.25, 0.3) is 0 Å². The van der Waals surface area contributed by atoms with E-state index < -0.39 is 0 Å². The summed E-state index contributed by atoms with van der Waals surface area (Å²) in [6, 6.07) is 25.9. The second-order valence-electron chi connectivity index (χ2n) is 8.44. The van der Waals surface area contributed by atoms with Gasteiger partial charge < -0.3 is 4.42 Å². The average molecular weight is 491 g/mol. The Hall–Kier alpha value is -4.23. The molecule has 6 rings (SSSR count). The van der Waals surface area contributed by atoms with Gasteiger partial charge in [-0.05, 0) is 58.7 Å². The molecule has 0 spiro atoms. The van der Waals surface area contributed by atoms with Gasteiger partial charge in [-0.1, -0.05) is 61.2 Å². The molecule has 0 amide bonds. The fraction of sp³-hybridized carbons (Fsp3) is 0.103. The molecule has 0 bridgehead atoms. The molecule has 0 aliphatic rings. The monoisotopic (exact) mass is 490 g/mol. The van der Waals surface area contributed by atoms with Crippen LogP contribution in [0.3, 0.4) is 0 Å². The number of benzene rings is 3. The molecule has 6 nitrogen and oxygen atoms in total. The normalized spacial score (nSPS) is 11.4. The number of aryl methyl sites for hydroxylation is 1. The number of hydrogen-bond donors (Lipinski definition) is 0. The van der Waals surface area contributed by atoms with Gasteiger partial charge >= 0.3 is 5.63 Å². The van der Waals surface area contributed by atoms with E-state index in [0.29, 0.717) is 11.3 Å². The lowest BCUT2D eigenvalue weighted by molar-refractivity contribution is 0.560. The third-order valence-corrected chi connectivity index (χ3v) is 7.22. The number of hydrogen-bond acceptors (Lipinski definition) is 6. The van der Waals surface area contributed by atoms with Crippen LogP contribution in [0.2, 0.25) is 0 Å². The summed E-state index contributed by atoms with van der Waals surface area (Å²) >= 11 is 1.55. The van der Waals surface area contributed by atoms with Gasteiger partial charge in [0.05, 0.1) is 0 Å². The topological polar surface area (TPSA) is 73.8 Å². The predicted octanol–water partition coefficient (Wildman–Crippen LogP) is 6.44. The zero-order chi connectivity index (χ0) is 24.5. The van der Waals surface area contributed by atoms with E-state index in [9.17, 15) is 4.79 Å². The largest absolute Gasteiger partial charge is 0.423 e. The fourth-order valence-corrected chi connectivity index (χ4v) is 5.37. The minimum atomic E-state index is -0.359. The smallest absolute Gasteiger partial charge is 0.336 e. The van der Waals surface area contributed by atoms with Crippen molar-refractivity contribution in [1.82, 2.24) is 19.7 Å². The Bertz CT molecular complexity index is 1740. The van der Waals surface area contributed by atoms with Crippen LogP contribution in [0.5, 0.6) is 0 Å². The van der Waals surface area contributed by atoms with E-state index >= 15 is 0 Å². The summed E-state index contributed by atoms with van der Waals surface area (Å²) in [5.41, 5.74) is 4.31. The van der Waals surface area contributed by atoms with Crippen LogP contribution >= 0.6 is 11.8 Å². The SMILES string of the molecule is CCc1ccc(-n2c(SCc3cc(=O)oc4ccc5ccccc5c34)nnc2-c2ccncc2)cc1. The Labute approximate surface area is 211 Å². The summed E-state index contributed by atoms with van der Waals surface area (Å²) < 4.78 is 7.60. The predicted molar refractivity (Wildman–Crippen MR) is 144 cm³/mol. The Morgan fingerprint density at radius 2 is 1.72 bits per heavy atom. The first kappa shape index (κ1) is 22.2. The summed E-state index contributed by atoms with van der Waals surface area (Å²) in [6.45, 7) is 2.14.